The summed E-state index contributed by atoms with van der Waals surface area (Å²) in [7, 11) is 5.92. The molecule has 0 rings (SSSR count). The Bertz CT molecular complexity index is 225. The van der Waals surface area contributed by atoms with E-state index in [1.165, 1.54) is 0 Å². The minimum Gasteiger partial charge on any atom is -0.392 e. The van der Waals surface area contributed by atoms with Crippen LogP contribution in [0.25, 0.3) is 0 Å². The van der Waals surface area contributed by atoms with E-state index in [1.54, 1.807) is 0 Å². The molecule has 0 atom stereocenters. The van der Waals surface area contributed by atoms with Gasteiger partial charge in [-0.05, 0) is 34.7 Å². The fraction of sp³-hybridized carbons (Fsp3) is 0.833. The quantitative estimate of drug-likeness (QED) is 0.452. The number of terminal acetylenes is 1. The predicted octanol–water partition coefficient (Wildman–Crippen LogP) is 0.848. The molecule has 0 fully saturated rings. The molecule has 0 aliphatic heterocycles. The average Bonchev–Trinajstić information content (AvgIpc) is 2.16. The van der Waals surface area contributed by atoms with Gasteiger partial charge in [0, 0.05) is 26.3 Å². The zero-order chi connectivity index (χ0) is 13.3. The highest BCUT2D eigenvalue weighted by molar-refractivity contribution is 6.66. The summed E-state index contributed by atoms with van der Waals surface area (Å²) in [6.07, 6.45) is 5.38. The fourth-order valence-electron chi connectivity index (χ4n) is 1.22. The highest BCUT2D eigenvalue weighted by Gasteiger charge is 2.30. The van der Waals surface area contributed by atoms with Crippen LogP contribution in [0.2, 0.25) is 12.6 Å². The highest BCUT2D eigenvalue weighted by atomic mass is 28.4. The zero-order valence-electron chi connectivity index (χ0n) is 11.8. The summed E-state index contributed by atoms with van der Waals surface area (Å²) in [6, 6.07) is 0.605. The number of rotatable bonds is 9. The Kier molecular flexibility index (Phi) is 8.48. The van der Waals surface area contributed by atoms with E-state index in [2.05, 4.69) is 15.7 Å². The van der Waals surface area contributed by atoms with Crippen LogP contribution in [0.1, 0.15) is 0 Å². The summed E-state index contributed by atoms with van der Waals surface area (Å²) < 4.78 is 11.8. The second-order valence-electron chi connectivity index (χ2n) is 4.82. The first-order valence-corrected chi connectivity index (χ1v) is 8.43. The fourth-order valence-corrected chi connectivity index (χ4v) is 2.92. The van der Waals surface area contributed by atoms with Crippen LogP contribution >= 0.6 is 0 Å². The van der Waals surface area contributed by atoms with E-state index in [0.29, 0.717) is 19.3 Å². The highest BCUT2D eigenvalue weighted by Crippen LogP contribution is 2.12. The van der Waals surface area contributed by atoms with Crippen LogP contribution < -0.4 is 0 Å². The van der Waals surface area contributed by atoms with Gasteiger partial charge in [-0.25, -0.2) is 0 Å². The van der Waals surface area contributed by atoms with Crippen LogP contribution in [-0.2, 0) is 8.85 Å². The molecule has 5 heteroatoms. The van der Waals surface area contributed by atoms with Crippen molar-refractivity contribution in [2.45, 2.75) is 12.6 Å². The third-order valence-corrected chi connectivity index (χ3v) is 4.79. The lowest BCUT2D eigenvalue weighted by atomic mass is 10.6. The zero-order valence-corrected chi connectivity index (χ0v) is 12.8. The molecular formula is C12H26N2O2Si. The summed E-state index contributed by atoms with van der Waals surface area (Å²) in [6.45, 7) is 5.19. The second-order valence-corrected chi connectivity index (χ2v) is 8.02. The molecule has 17 heavy (non-hydrogen) atoms. The molecule has 0 saturated heterocycles. The summed E-state index contributed by atoms with van der Waals surface area (Å²) in [5.41, 5.74) is 0. The Balaban J connectivity index is 4.02. The predicted molar refractivity (Wildman–Crippen MR) is 74.3 cm³/mol. The second kappa shape index (κ2) is 8.67. The van der Waals surface area contributed by atoms with Gasteiger partial charge in [0.2, 0.25) is 0 Å². The lowest BCUT2D eigenvalue weighted by Gasteiger charge is -2.26. The Labute approximate surface area is 107 Å². The van der Waals surface area contributed by atoms with Gasteiger partial charge in [0.15, 0.2) is 0 Å². The smallest absolute Gasteiger partial charge is 0.347 e. The molecule has 0 N–H and O–H groups in total. The van der Waals surface area contributed by atoms with Crippen molar-refractivity contribution < 1.29 is 8.85 Å². The van der Waals surface area contributed by atoms with Gasteiger partial charge < -0.3 is 18.7 Å². The minimum atomic E-state index is -2.17. The normalized spacial score (nSPS) is 12.1. The van der Waals surface area contributed by atoms with Crippen LogP contribution in [0, 0.1) is 12.3 Å². The standard InChI is InChI=1S/C12H26N2O2Si/c1-7-12-17(6,15-10-8-13(2)3)16-11-9-14(4)5/h1H,8-12H2,2-6H3. The van der Waals surface area contributed by atoms with E-state index in [4.69, 9.17) is 15.3 Å². The molecule has 0 aromatic heterocycles. The van der Waals surface area contributed by atoms with Crippen molar-refractivity contribution in [2.75, 3.05) is 54.5 Å². The lowest BCUT2D eigenvalue weighted by molar-refractivity contribution is 0.152. The van der Waals surface area contributed by atoms with Gasteiger partial charge >= 0.3 is 8.56 Å². The van der Waals surface area contributed by atoms with Crippen molar-refractivity contribution in [1.82, 2.24) is 9.80 Å². The molecule has 0 amide bonds. The van der Waals surface area contributed by atoms with E-state index in [0.717, 1.165) is 13.1 Å². The third-order valence-electron chi connectivity index (χ3n) is 2.31. The van der Waals surface area contributed by atoms with Gasteiger partial charge in [-0.2, -0.15) is 0 Å². The van der Waals surface area contributed by atoms with E-state index in [1.807, 2.05) is 34.7 Å². The molecule has 0 unspecified atom stereocenters. The first-order chi connectivity index (χ1) is 7.89. The Morgan fingerprint density at radius 1 is 1.00 bits per heavy atom. The SMILES string of the molecule is C#CC[Si](C)(OCCN(C)C)OCCN(C)C. The maximum atomic E-state index is 5.88. The maximum Gasteiger partial charge on any atom is 0.347 e. The van der Waals surface area contributed by atoms with Gasteiger partial charge in [0.25, 0.3) is 0 Å². The van der Waals surface area contributed by atoms with Crippen molar-refractivity contribution in [3.05, 3.63) is 0 Å². The number of hydrogen-bond acceptors (Lipinski definition) is 4. The molecule has 0 heterocycles. The van der Waals surface area contributed by atoms with Crippen LogP contribution in [0.15, 0.2) is 0 Å². The molecule has 0 aliphatic carbocycles. The summed E-state index contributed by atoms with van der Waals surface area (Å²) in [4.78, 5) is 4.18. The van der Waals surface area contributed by atoms with Gasteiger partial charge in [-0.1, -0.05) is 0 Å². The molecule has 0 aromatic carbocycles. The van der Waals surface area contributed by atoms with Gasteiger partial charge in [0.1, 0.15) is 0 Å². The van der Waals surface area contributed by atoms with E-state index >= 15 is 0 Å². The monoisotopic (exact) mass is 258 g/mol. The van der Waals surface area contributed by atoms with Gasteiger partial charge in [0.05, 0.1) is 6.04 Å². The number of nitrogens with zero attached hydrogens (tertiary/aromatic N) is 2. The molecule has 0 spiro atoms. The first kappa shape index (κ1) is 16.6. The van der Waals surface area contributed by atoms with Crippen molar-refractivity contribution in [3.63, 3.8) is 0 Å². The van der Waals surface area contributed by atoms with Crippen LogP contribution in [0.4, 0.5) is 0 Å². The maximum absolute atomic E-state index is 5.88. The summed E-state index contributed by atoms with van der Waals surface area (Å²) in [5.74, 6) is 2.67. The summed E-state index contributed by atoms with van der Waals surface area (Å²) >= 11 is 0. The topological polar surface area (TPSA) is 24.9 Å². The molecule has 0 bridgehead atoms. The van der Waals surface area contributed by atoms with Gasteiger partial charge in [-0.15, -0.1) is 12.3 Å². The Hall–Kier alpha value is -0.383. The molecule has 0 radical (unpaired) electrons. The van der Waals surface area contributed by atoms with Crippen LogP contribution in [-0.4, -0.2) is 72.9 Å². The van der Waals surface area contributed by atoms with Gasteiger partial charge in [-0.3, -0.25) is 0 Å². The number of likely N-dealkylation sites (N-methyl/N-ethyl adjacent to an activating group) is 2. The first-order valence-electron chi connectivity index (χ1n) is 5.90. The van der Waals surface area contributed by atoms with E-state index < -0.39 is 8.56 Å². The molecule has 100 valence electrons. The Morgan fingerprint density at radius 3 is 1.71 bits per heavy atom. The largest absolute Gasteiger partial charge is 0.392 e. The third kappa shape index (κ3) is 9.33. The molecule has 0 saturated carbocycles. The van der Waals surface area contributed by atoms with Crippen molar-refractivity contribution in [2.24, 2.45) is 0 Å². The minimum absolute atomic E-state index is 0.605. The lowest BCUT2D eigenvalue weighted by Crippen LogP contribution is -2.41. The van der Waals surface area contributed by atoms with E-state index in [9.17, 15) is 0 Å². The molecule has 0 aromatic rings. The average molecular weight is 258 g/mol. The number of hydrogen-bond donors (Lipinski definition) is 0. The molecule has 0 aliphatic rings. The van der Waals surface area contributed by atoms with Crippen molar-refractivity contribution in [1.29, 1.82) is 0 Å². The summed E-state index contributed by atoms with van der Waals surface area (Å²) in [5, 5.41) is 0. The van der Waals surface area contributed by atoms with Crippen molar-refractivity contribution in [3.8, 4) is 12.3 Å². The van der Waals surface area contributed by atoms with E-state index in [-0.39, 0.29) is 0 Å². The van der Waals surface area contributed by atoms with Crippen molar-refractivity contribution >= 4 is 8.56 Å². The van der Waals surface area contributed by atoms with Crippen LogP contribution in [0.3, 0.4) is 0 Å². The Morgan fingerprint density at radius 2 is 1.41 bits per heavy atom. The van der Waals surface area contributed by atoms with Crippen LogP contribution in [0.5, 0.6) is 0 Å². The molecular weight excluding hydrogens is 232 g/mol. The molecule has 4 nitrogen and oxygen atoms in total.